The van der Waals surface area contributed by atoms with Crippen LogP contribution in [-0.2, 0) is 9.47 Å². The van der Waals surface area contributed by atoms with E-state index in [4.69, 9.17) is 18.9 Å². The number of nitrogens with zero attached hydrogens (tertiary/aromatic N) is 2. The van der Waals surface area contributed by atoms with Crippen LogP contribution in [0, 0.1) is 0 Å². The number of rotatable bonds is 8. The molecule has 0 spiro atoms. The highest BCUT2D eigenvalue weighted by molar-refractivity contribution is 14.0. The lowest BCUT2D eigenvalue weighted by molar-refractivity contribution is -0.0828. The molecule has 0 saturated carbocycles. The normalized spacial score (nSPS) is 21.2. The first kappa shape index (κ1) is 24.4. The van der Waals surface area contributed by atoms with Gasteiger partial charge >= 0.3 is 0 Å². The largest absolute Gasteiger partial charge is 0.468 e. The summed E-state index contributed by atoms with van der Waals surface area (Å²) >= 11 is 0. The van der Waals surface area contributed by atoms with Crippen molar-refractivity contribution in [1.82, 2.24) is 15.5 Å². The standard InChI is InChI=1S/C21H36N4O3.HI/c1-3-22-20(24-17-21(26-2)9-14-27-15-10-21)23-16-18(19-8-7-13-28-19)25-11-5-4-6-12-25;/h7-8,13,18H,3-6,9-12,14-17H2,1-2H3,(H2,22,23,24);1H. The molecule has 0 bridgehead atoms. The minimum absolute atomic E-state index is 0. The highest BCUT2D eigenvalue weighted by Crippen LogP contribution is 2.26. The zero-order valence-corrected chi connectivity index (χ0v) is 20.2. The van der Waals surface area contributed by atoms with E-state index in [0.29, 0.717) is 6.54 Å². The van der Waals surface area contributed by atoms with Crippen molar-refractivity contribution in [3.8, 4) is 0 Å². The molecule has 8 heteroatoms. The van der Waals surface area contributed by atoms with E-state index in [0.717, 1.165) is 64.0 Å². The quantitative estimate of drug-likeness (QED) is 0.312. The second-order valence-corrected chi connectivity index (χ2v) is 7.70. The average Bonchev–Trinajstić information content (AvgIpc) is 3.28. The fraction of sp³-hybridized carbons (Fsp3) is 0.762. The van der Waals surface area contributed by atoms with Gasteiger partial charge in [0.05, 0.1) is 24.5 Å². The van der Waals surface area contributed by atoms with Crippen molar-refractivity contribution < 1.29 is 13.9 Å². The molecule has 166 valence electrons. The van der Waals surface area contributed by atoms with Gasteiger partial charge in [0.2, 0.25) is 0 Å². The van der Waals surface area contributed by atoms with Gasteiger partial charge in [-0.2, -0.15) is 0 Å². The second kappa shape index (κ2) is 12.8. The Morgan fingerprint density at radius 2 is 2.00 bits per heavy atom. The lowest BCUT2D eigenvalue weighted by Crippen LogP contribution is -2.46. The van der Waals surface area contributed by atoms with Crippen molar-refractivity contribution in [2.45, 2.75) is 50.7 Å². The van der Waals surface area contributed by atoms with Gasteiger partial charge in [-0.05, 0) is 45.0 Å². The highest BCUT2D eigenvalue weighted by Gasteiger charge is 2.32. The van der Waals surface area contributed by atoms with Crippen LogP contribution in [0.25, 0.3) is 0 Å². The maximum Gasteiger partial charge on any atom is 0.191 e. The van der Waals surface area contributed by atoms with Crippen LogP contribution in [0.5, 0.6) is 0 Å². The molecule has 2 N–H and O–H groups in total. The number of halogens is 1. The van der Waals surface area contributed by atoms with Crippen LogP contribution in [-0.4, -0.2) is 69.5 Å². The summed E-state index contributed by atoms with van der Waals surface area (Å²) in [5.74, 6) is 1.85. The molecule has 0 amide bonds. The summed E-state index contributed by atoms with van der Waals surface area (Å²) in [6.45, 7) is 8.03. The summed E-state index contributed by atoms with van der Waals surface area (Å²) in [6, 6.07) is 4.27. The predicted octanol–water partition coefficient (Wildman–Crippen LogP) is 3.18. The van der Waals surface area contributed by atoms with Crippen LogP contribution in [0.3, 0.4) is 0 Å². The minimum atomic E-state index is -0.214. The van der Waals surface area contributed by atoms with Gasteiger partial charge in [-0.25, -0.2) is 0 Å². The summed E-state index contributed by atoms with van der Waals surface area (Å²) in [5.41, 5.74) is -0.214. The van der Waals surface area contributed by atoms with E-state index in [1.54, 1.807) is 13.4 Å². The Bertz CT molecular complexity index is 585. The van der Waals surface area contributed by atoms with Gasteiger partial charge in [-0.1, -0.05) is 6.42 Å². The van der Waals surface area contributed by atoms with Gasteiger partial charge in [0.1, 0.15) is 5.76 Å². The molecule has 0 aromatic carbocycles. The van der Waals surface area contributed by atoms with E-state index >= 15 is 0 Å². The molecule has 7 nitrogen and oxygen atoms in total. The molecular weight excluding hydrogens is 483 g/mol. The van der Waals surface area contributed by atoms with Crippen molar-refractivity contribution >= 4 is 29.9 Å². The molecule has 0 radical (unpaired) electrons. The average molecular weight is 520 g/mol. The Kier molecular flexibility index (Phi) is 10.8. The molecule has 0 aliphatic carbocycles. The number of hydrogen-bond acceptors (Lipinski definition) is 5. The van der Waals surface area contributed by atoms with E-state index in [-0.39, 0.29) is 35.6 Å². The second-order valence-electron chi connectivity index (χ2n) is 7.70. The molecular formula is C21H37IN4O3. The molecule has 2 aliphatic rings. The summed E-state index contributed by atoms with van der Waals surface area (Å²) in [4.78, 5) is 7.37. The molecule has 1 aromatic rings. The first-order chi connectivity index (χ1) is 13.8. The molecule has 1 unspecified atom stereocenters. The topological polar surface area (TPSA) is 71.3 Å². The fourth-order valence-corrected chi connectivity index (χ4v) is 4.05. The number of ether oxygens (including phenoxy) is 2. The lowest BCUT2D eigenvalue weighted by Gasteiger charge is -2.35. The number of nitrogens with one attached hydrogen (secondary N) is 2. The third-order valence-electron chi connectivity index (χ3n) is 5.87. The van der Waals surface area contributed by atoms with Gasteiger partial charge in [0.25, 0.3) is 0 Å². The zero-order valence-electron chi connectivity index (χ0n) is 17.8. The van der Waals surface area contributed by atoms with E-state index < -0.39 is 0 Å². The van der Waals surface area contributed by atoms with Crippen LogP contribution in [0.2, 0.25) is 0 Å². The fourth-order valence-electron chi connectivity index (χ4n) is 4.05. The Morgan fingerprint density at radius 3 is 2.62 bits per heavy atom. The van der Waals surface area contributed by atoms with Crippen molar-refractivity contribution in [3.63, 3.8) is 0 Å². The molecule has 2 saturated heterocycles. The Morgan fingerprint density at radius 1 is 1.24 bits per heavy atom. The molecule has 2 fully saturated rings. The van der Waals surface area contributed by atoms with E-state index in [9.17, 15) is 0 Å². The van der Waals surface area contributed by atoms with Crippen LogP contribution >= 0.6 is 24.0 Å². The summed E-state index contributed by atoms with van der Waals surface area (Å²) in [5, 5.41) is 6.91. The number of likely N-dealkylation sites (tertiary alicyclic amines) is 1. The van der Waals surface area contributed by atoms with Gasteiger partial charge in [0.15, 0.2) is 5.96 Å². The predicted molar refractivity (Wildman–Crippen MR) is 126 cm³/mol. The number of aliphatic imine (C=N–C) groups is 1. The first-order valence-corrected chi connectivity index (χ1v) is 10.7. The lowest BCUT2D eigenvalue weighted by atomic mass is 9.94. The molecule has 3 heterocycles. The summed E-state index contributed by atoms with van der Waals surface area (Å²) < 4.78 is 17.1. The van der Waals surface area contributed by atoms with Crippen LogP contribution in [0.15, 0.2) is 27.8 Å². The zero-order chi connectivity index (χ0) is 19.7. The molecule has 1 atom stereocenters. The Hall–Kier alpha value is -0.840. The number of guanidine groups is 1. The Labute approximate surface area is 192 Å². The summed E-state index contributed by atoms with van der Waals surface area (Å²) in [6.07, 6.45) is 7.36. The molecule has 1 aromatic heterocycles. The maximum atomic E-state index is 5.82. The molecule has 29 heavy (non-hydrogen) atoms. The van der Waals surface area contributed by atoms with Crippen molar-refractivity contribution in [3.05, 3.63) is 24.2 Å². The van der Waals surface area contributed by atoms with Gasteiger partial charge < -0.3 is 24.5 Å². The van der Waals surface area contributed by atoms with Crippen molar-refractivity contribution in [1.29, 1.82) is 0 Å². The minimum Gasteiger partial charge on any atom is -0.468 e. The summed E-state index contributed by atoms with van der Waals surface area (Å²) in [7, 11) is 1.78. The maximum absolute atomic E-state index is 5.82. The van der Waals surface area contributed by atoms with E-state index in [1.165, 1.54) is 19.3 Å². The van der Waals surface area contributed by atoms with Gasteiger partial charge in [-0.3, -0.25) is 9.89 Å². The smallest absolute Gasteiger partial charge is 0.191 e. The monoisotopic (exact) mass is 520 g/mol. The SMILES string of the molecule is CCNC(=NCC1(OC)CCOCC1)NCC(c1ccco1)N1CCCCC1.I. The number of piperidine rings is 1. The van der Waals surface area contributed by atoms with Crippen molar-refractivity contribution in [2.75, 3.05) is 53.0 Å². The van der Waals surface area contributed by atoms with Gasteiger partial charge in [-0.15, -0.1) is 24.0 Å². The van der Waals surface area contributed by atoms with Crippen LogP contribution in [0.4, 0.5) is 0 Å². The van der Waals surface area contributed by atoms with Crippen LogP contribution < -0.4 is 10.6 Å². The molecule has 3 rings (SSSR count). The van der Waals surface area contributed by atoms with Crippen LogP contribution in [0.1, 0.15) is 50.8 Å². The number of furan rings is 1. The van der Waals surface area contributed by atoms with Gasteiger partial charge in [0, 0.05) is 46.3 Å². The third kappa shape index (κ3) is 7.11. The van der Waals surface area contributed by atoms with Crippen molar-refractivity contribution in [2.24, 2.45) is 4.99 Å². The van der Waals surface area contributed by atoms with E-state index in [2.05, 4.69) is 28.5 Å². The molecule has 2 aliphatic heterocycles. The number of methoxy groups -OCH3 is 1. The Balaban J connectivity index is 0.00000300. The number of hydrogen-bond donors (Lipinski definition) is 2. The first-order valence-electron chi connectivity index (χ1n) is 10.7. The third-order valence-corrected chi connectivity index (χ3v) is 5.87. The highest BCUT2D eigenvalue weighted by atomic mass is 127. The van der Waals surface area contributed by atoms with E-state index in [1.807, 2.05) is 6.07 Å².